The van der Waals surface area contributed by atoms with Gasteiger partial charge in [-0.1, -0.05) is 18.2 Å². The van der Waals surface area contributed by atoms with Crippen LogP contribution in [-0.2, 0) is 4.79 Å². The summed E-state index contributed by atoms with van der Waals surface area (Å²) in [4.78, 5) is 23.2. The van der Waals surface area contributed by atoms with E-state index in [9.17, 15) is 9.59 Å². The van der Waals surface area contributed by atoms with Crippen molar-refractivity contribution in [3.05, 3.63) is 45.7 Å². The average Bonchev–Trinajstić information content (AvgIpc) is 2.30. The van der Waals surface area contributed by atoms with Crippen molar-refractivity contribution in [2.75, 3.05) is 0 Å². The molecule has 0 spiro atoms. The summed E-state index contributed by atoms with van der Waals surface area (Å²) in [5, 5.41) is 10.0. The molecule has 1 unspecified atom stereocenters. The first kappa shape index (κ1) is 12.4. The maximum absolute atomic E-state index is 12.1. The minimum atomic E-state index is -1.01. The predicted molar refractivity (Wildman–Crippen MR) is 70.0 cm³/mol. The van der Waals surface area contributed by atoms with E-state index in [2.05, 4.69) is 0 Å². The SMILES string of the molecule is Cc1cc(=O)n(C(C)C(=O)O)c2c(C)cccc12. The summed E-state index contributed by atoms with van der Waals surface area (Å²) in [6.45, 7) is 5.26. The van der Waals surface area contributed by atoms with Crippen molar-refractivity contribution in [2.45, 2.75) is 26.8 Å². The van der Waals surface area contributed by atoms with Crippen molar-refractivity contribution in [3.63, 3.8) is 0 Å². The van der Waals surface area contributed by atoms with E-state index in [4.69, 9.17) is 5.11 Å². The first-order valence-corrected chi connectivity index (χ1v) is 5.77. The van der Waals surface area contributed by atoms with Crippen LogP contribution in [0.1, 0.15) is 24.1 Å². The summed E-state index contributed by atoms with van der Waals surface area (Å²) in [5.41, 5.74) is 2.20. The number of hydrogen-bond acceptors (Lipinski definition) is 2. The van der Waals surface area contributed by atoms with Gasteiger partial charge in [-0.15, -0.1) is 0 Å². The number of carbonyl (C=O) groups is 1. The number of aryl methyl sites for hydroxylation is 2. The monoisotopic (exact) mass is 245 g/mol. The van der Waals surface area contributed by atoms with E-state index in [1.54, 1.807) is 0 Å². The van der Waals surface area contributed by atoms with Crippen LogP contribution >= 0.6 is 0 Å². The third-order valence-corrected chi connectivity index (χ3v) is 3.23. The molecule has 0 aliphatic carbocycles. The molecule has 0 aliphatic rings. The number of pyridine rings is 1. The largest absolute Gasteiger partial charge is 0.480 e. The number of carboxylic acids is 1. The standard InChI is InChI=1S/C14H15NO3/c1-8-5-4-6-11-9(2)7-12(16)15(13(8)11)10(3)14(17)18/h4-7,10H,1-3H3,(H,17,18). The summed E-state index contributed by atoms with van der Waals surface area (Å²) in [6, 6.07) is 6.31. The number of hydrogen-bond donors (Lipinski definition) is 1. The molecular weight excluding hydrogens is 230 g/mol. The van der Waals surface area contributed by atoms with Crippen LogP contribution in [0.25, 0.3) is 10.9 Å². The smallest absolute Gasteiger partial charge is 0.326 e. The molecule has 0 amide bonds. The fourth-order valence-corrected chi connectivity index (χ4v) is 2.23. The highest BCUT2D eigenvalue weighted by atomic mass is 16.4. The van der Waals surface area contributed by atoms with Crippen molar-refractivity contribution in [2.24, 2.45) is 0 Å². The summed E-state index contributed by atoms with van der Waals surface area (Å²) in [7, 11) is 0. The lowest BCUT2D eigenvalue weighted by atomic mass is 10.1. The molecule has 1 aromatic carbocycles. The third-order valence-electron chi connectivity index (χ3n) is 3.23. The number of aliphatic carboxylic acids is 1. The van der Waals surface area contributed by atoms with Gasteiger partial charge in [-0.2, -0.15) is 0 Å². The molecule has 2 rings (SSSR count). The number of para-hydroxylation sites is 1. The first-order valence-electron chi connectivity index (χ1n) is 5.77. The number of fused-ring (bicyclic) bond motifs is 1. The quantitative estimate of drug-likeness (QED) is 0.882. The van der Waals surface area contributed by atoms with Gasteiger partial charge in [-0.05, 0) is 31.9 Å². The molecule has 4 heteroatoms. The lowest BCUT2D eigenvalue weighted by Crippen LogP contribution is -2.28. The fourth-order valence-electron chi connectivity index (χ4n) is 2.23. The van der Waals surface area contributed by atoms with Crippen LogP contribution in [0, 0.1) is 13.8 Å². The Hall–Kier alpha value is -2.10. The van der Waals surface area contributed by atoms with Gasteiger partial charge in [0.25, 0.3) is 5.56 Å². The number of carboxylic acid groups (broad SMARTS) is 1. The average molecular weight is 245 g/mol. The van der Waals surface area contributed by atoms with Gasteiger partial charge < -0.3 is 5.11 Å². The second-order valence-electron chi connectivity index (χ2n) is 4.52. The molecule has 0 radical (unpaired) electrons. The molecule has 94 valence electrons. The van der Waals surface area contributed by atoms with E-state index in [0.29, 0.717) is 5.52 Å². The van der Waals surface area contributed by atoms with Crippen molar-refractivity contribution in [3.8, 4) is 0 Å². The number of aromatic nitrogens is 1. The molecule has 1 N–H and O–H groups in total. The second-order valence-corrected chi connectivity index (χ2v) is 4.52. The van der Waals surface area contributed by atoms with Gasteiger partial charge in [-0.3, -0.25) is 9.36 Å². The zero-order chi connectivity index (χ0) is 13.4. The van der Waals surface area contributed by atoms with Gasteiger partial charge in [0.2, 0.25) is 0 Å². The minimum absolute atomic E-state index is 0.274. The van der Waals surface area contributed by atoms with E-state index in [1.807, 2.05) is 32.0 Å². The molecule has 18 heavy (non-hydrogen) atoms. The summed E-state index contributed by atoms with van der Waals surface area (Å²) in [6.07, 6.45) is 0. The van der Waals surface area contributed by atoms with Crippen LogP contribution in [-0.4, -0.2) is 15.6 Å². The molecule has 0 fully saturated rings. The van der Waals surface area contributed by atoms with Crippen molar-refractivity contribution in [1.29, 1.82) is 0 Å². The van der Waals surface area contributed by atoms with Crippen LogP contribution in [0.2, 0.25) is 0 Å². The fraction of sp³-hybridized carbons (Fsp3) is 0.286. The lowest BCUT2D eigenvalue weighted by molar-refractivity contribution is -0.140. The maximum atomic E-state index is 12.1. The van der Waals surface area contributed by atoms with E-state index in [1.165, 1.54) is 17.6 Å². The molecule has 1 heterocycles. The first-order chi connectivity index (χ1) is 8.43. The van der Waals surface area contributed by atoms with E-state index in [0.717, 1.165) is 16.5 Å². The molecule has 2 aromatic rings. The zero-order valence-electron chi connectivity index (χ0n) is 10.6. The highest BCUT2D eigenvalue weighted by molar-refractivity contribution is 5.86. The van der Waals surface area contributed by atoms with Crippen LogP contribution in [0.3, 0.4) is 0 Å². The molecular formula is C14H15NO3. The van der Waals surface area contributed by atoms with Gasteiger partial charge >= 0.3 is 5.97 Å². The summed E-state index contributed by atoms with van der Waals surface area (Å²) < 4.78 is 1.35. The van der Waals surface area contributed by atoms with Crippen molar-refractivity contribution in [1.82, 2.24) is 4.57 Å². The van der Waals surface area contributed by atoms with Gasteiger partial charge in [0.05, 0.1) is 5.52 Å². The van der Waals surface area contributed by atoms with Crippen LogP contribution < -0.4 is 5.56 Å². The van der Waals surface area contributed by atoms with E-state index < -0.39 is 12.0 Å². The molecule has 0 saturated heterocycles. The number of rotatable bonds is 2. The van der Waals surface area contributed by atoms with Crippen LogP contribution in [0.15, 0.2) is 29.1 Å². The molecule has 1 aromatic heterocycles. The van der Waals surface area contributed by atoms with E-state index >= 15 is 0 Å². The highest BCUT2D eigenvalue weighted by Gasteiger charge is 2.18. The summed E-state index contributed by atoms with van der Waals surface area (Å²) in [5.74, 6) is -1.01. The van der Waals surface area contributed by atoms with E-state index in [-0.39, 0.29) is 5.56 Å². The maximum Gasteiger partial charge on any atom is 0.326 e. The van der Waals surface area contributed by atoms with Crippen molar-refractivity contribution < 1.29 is 9.90 Å². The lowest BCUT2D eigenvalue weighted by Gasteiger charge is -2.17. The minimum Gasteiger partial charge on any atom is -0.480 e. The van der Waals surface area contributed by atoms with Gasteiger partial charge in [0.1, 0.15) is 6.04 Å². The Bertz CT molecular complexity index is 685. The van der Waals surface area contributed by atoms with Crippen molar-refractivity contribution >= 4 is 16.9 Å². The van der Waals surface area contributed by atoms with Crippen LogP contribution in [0.4, 0.5) is 0 Å². The highest BCUT2D eigenvalue weighted by Crippen LogP contribution is 2.22. The topological polar surface area (TPSA) is 59.3 Å². The Morgan fingerprint density at radius 3 is 2.56 bits per heavy atom. The summed E-state index contributed by atoms with van der Waals surface area (Å²) >= 11 is 0. The molecule has 0 aliphatic heterocycles. The second kappa shape index (κ2) is 4.29. The Morgan fingerprint density at radius 1 is 1.28 bits per heavy atom. The molecule has 0 saturated carbocycles. The van der Waals surface area contributed by atoms with Crippen LogP contribution in [0.5, 0.6) is 0 Å². The third kappa shape index (κ3) is 1.79. The van der Waals surface area contributed by atoms with Gasteiger partial charge in [-0.25, -0.2) is 4.79 Å². The predicted octanol–water partition coefficient (Wildman–Crippen LogP) is 2.26. The van der Waals surface area contributed by atoms with Gasteiger partial charge in [0.15, 0.2) is 0 Å². The Morgan fingerprint density at radius 2 is 1.94 bits per heavy atom. The Balaban J connectivity index is 2.96. The molecule has 1 atom stereocenters. The Kier molecular flexibility index (Phi) is 2.95. The van der Waals surface area contributed by atoms with Gasteiger partial charge in [0, 0.05) is 11.5 Å². The molecule has 4 nitrogen and oxygen atoms in total. The number of benzene rings is 1. The normalized spacial score (nSPS) is 12.6. The Labute approximate surface area is 104 Å². The molecule has 0 bridgehead atoms. The zero-order valence-corrected chi connectivity index (χ0v) is 10.6. The number of nitrogens with zero attached hydrogens (tertiary/aromatic N) is 1.